The number of allylic oxidation sites excluding steroid dienone is 1. The average molecular weight is 633 g/mol. The minimum Gasteiger partial charge on any atom is -0.502 e. The van der Waals surface area contributed by atoms with Crippen molar-refractivity contribution in [2.24, 2.45) is 16.7 Å². The van der Waals surface area contributed by atoms with Gasteiger partial charge in [-0.05, 0) is 56.9 Å². The number of hydrogen-bond donors (Lipinski definition) is 2. The predicted molar refractivity (Wildman–Crippen MR) is 165 cm³/mol. The van der Waals surface area contributed by atoms with Crippen molar-refractivity contribution < 1.29 is 48.3 Å². The van der Waals surface area contributed by atoms with Crippen LogP contribution >= 0.6 is 0 Å². The summed E-state index contributed by atoms with van der Waals surface area (Å²) in [6, 6.07) is 16.7. The van der Waals surface area contributed by atoms with Crippen LogP contribution in [0.2, 0.25) is 0 Å². The van der Waals surface area contributed by atoms with E-state index in [1.807, 2.05) is 19.9 Å². The van der Waals surface area contributed by atoms with Crippen LogP contribution in [0.4, 0.5) is 0 Å². The lowest BCUT2D eigenvalue weighted by Crippen LogP contribution is -2.75. The van der Waals surface area contributed by atoms with Crippen LogP contribution < -0.4 is 0 Å². The molecule has 46 heavy (non-hydrogen) atoms. The van der Waals surface area contributed by atoms with Crippen LogP contribution in [0.5, 0.6) is 0 Å². The van der Waals surface area contributed by atoms with E-state index in [1.165, 1.54) is 13.8 Å². The van der Waals surface area contributed by atoms with Crippen LogP contribution in [0.1, 0.15) is 74.6 Å². The average Bonchev–Trinajstić information content (AvgIpc) is 3.35. The van der Waals surface area contributed by atoms with E-state index in [4.69, 9.17) is 18.9 Å². The van der Waals surface area contributed by atoms with Gasteiger partial charge >= 0.3 is 23.9 Å². The largest absolute Gasteiger partial charge is 0.502 e. The number of aliphatic hydroxyl groups excluding tert-OH is 1. The third-order valence-corrected chi connectivity index (χ3v) is 10.5. The monoisotopic (exact) mass is 632 g/mol. The van der Waals surface area contributed by atoms with Crippen LogP contribution in [0, 0.1) is 16.7 Å². The minimum absolute atomic E-state index is 0.132. The molecule has 7 atom stereocenters. The van der Waals surface area contributed by atoms with Crippen molar-refractivity contribution in [1.29, 1.82) is 0 Å². The molecule has 5 rings (SSSR count). The Morgan fingerprint density at radius 1 is 0.935 bits per heavy atom. The van der Waals surface area contributed by atoms with Crippen molar-refractivity contribution in [3.05, 3.63) is 94.8 Å². The molecule has 0 aromatic heterocycles. The lowest BCUT2D eigenvalue weighted by atomic mass is 9.42. The van der Waals surface area contributed by atoms with E-state index in [2.05, 4.69) is 0 Å². The van der Waals surface area contributed by atoms with Gasteiger partial charge in [0.2, 0.25) is 5.76 Å². The summed E-state index contributed by atoms with van der Waals surface area (Å²) >= 11 is 0. The first-order valence-electron chi connectivity index (χ1n) is 15.4. The van der Waals surface area contributed by atoms with E-state index in [0.29, 0.717) is 12.8 Å². The first-order valence-corrected chi connectivity index (χ1v) is 15.4. The van der Waals surface area contributed by atoms with Gasteiger partial charge in [0.05, 0.1) is 11.1 Å². The van der Waals surface area contributed by atoms with Gasteiger partial charge in [-0.1, -0.05) is 61.9 Å². The Balaban J connectivity index is 1.70. The van der Waals surface area contributed by atoms with Crippen LogP contribution in [-0.4, -0.2) is 64.6 Å². The van der Waals surface area contributed by atoms with Gasteiger partial charge in [-0.15, -0.1) is 0 Å². The van der Waals surface area contributed by atoms with Gasteiger partial charge in [0.1, 0.15) is 18.3 Å². The lowest BCUT2D eigenvalue weighted by Gasteiger charge is -2.66. The van der Waals surface area contributed by atoms with E-state index < -0.39 is 70.3 Å². The summed E-state index contributed by atoms with van der Waals surface area (Å²) < 4.78 is 23.4. The molecule has 10 nitrogen and oxygen atoms in total. The molecule has 1 fully saturated rings. The molecule has 2 N–H and O–H groups in total. The summed E-state index contributed by atoms with van der Waals surface area (Å²) in [5, 5.41) is 23.4. The first-order chi connectivity index (χ1) is 21.7. The number of fused-ring (bicyclic) bond motifs is 1. The zero-order valence-corrected chi connectivity index (χ0v) is 26.6. The van der Waals surface area contributed by atoms with Crippen molar-refractivity contribution in [1.82, 2.24) is 0 Å². The molecule has 1 saturated carbocycles. The second-order valence-electron chi connectivity index (χ2n) is 12.9. The van der Waals surface area contributed by atoms with Gasteiger partial charge in [-0.3, -0.25) is 4.79 Å². The number of hydrogen-bond acceptors (Lipinski definition) is 10. The maximum Gasteiger partial charge on any atom is 0.373 e. The molecule has 2 aromatic carbocycles. The zero-order valence-electron chi connectivity index (χ0n) is 26.6. The smallest absolute Gasteiger partial charge is 0.373 e. The Hall–Kier alpha value is -4.44. The molecule has 0 radical (unpaired) electrons. The number of carbonyl (C=O) groups excluding carboxylic acids is 4. The summed E-state index contributed by atoms with van der Waals surface area (Å²) in [6.45, 7) is 8.10. The quantitative estimate of drug-likeness (QED) is 0.224. The third kappa shape index (κ3) is 5.48. The number of cyclic esters (lactones) is 1. The number of aliphatic hydroxyl groups is 2. The highest BCUT2D eigenvalue weighted by Gasteiger charge is 2.73. The summed E-state index contributed by atoms with van der Waals surface area (Å²) in [4.78, 5) is 52.1. The highest BCUT2D eigenvalue weighted by atomic mass is 16.6. The van der Waals surface area contributed by atoms with Crippen molar-refractivity contribution in [3.63, 3.8) is 0 Å². The lowest BCUT2D eigenvalue weighted by molar-refractivity contribution is -0.290. The van der Waals surface area contributed by atoms with Crippen molar-refractivity contribution in [2.45, 2.75) is 77.8 Å². The molecule has 2 aromatic rings. The Kier molecular flexibility index (Phi) is 8.88. The van der Waals surface area contributed by atoms with Crippen LogP contribution in [-0.2, 0) is 28.5 Å². The zero-order chi connectivity index (χ0) is 33.4. The number of benzene rings is 2. The fraction of sp³-hybridized carbons (Fsp3) is 0.444. The topological polar surface area (TPSA) is 146 Å². The van der Waals surface area contributed by atoms with Gasteiger partial charge < -0.3 is 29.2 Å². The Bertz CT molecular complexity index is 1580. The minimum atomic E-state index is -2.00. The molecule has 7 unspecified atom stereocenters. The van der Waals surface area contributed by atoms with E-state index in [-0.39, 0.29) is 29.7 Å². The van der Waals surface area contributed by atoms with E-state index in [1.54, 1.807) is 67.6 Å². The molecule has 0 bridgehead atoms. The molecule has 1 aliphatic heterocycles. The normalized spacial score (nSPS) is 31.2. The third-order valence-electron chi connectivity index (χ3n) is 10.5. The van der Waals surface area contributed by atoms with Crippen molar-refractivity contribution >= 4 is 23.9 Å². The molecule has 2 aliphatic carbocycles. The van der Waals surface area contributed by atoms with Crippen molar-refractivity contribution in [3.8, 4) is 0 Å². The number of carbonyl (C=O) groups is 4. The Morgan fingerprint density at radius 3 is 1.98 bits per heavy atom. The van der Waals surface area contributed by atoms with Gasteiger partial charge in [0, 0.05) is 29.7 Å². The summed E-state index contributed by atoms with van der Waals surface area (Å²) in [5.41, 5.74) is -2.84. The van der Waals surface area contributed by atoms with Gasteiger partial charge in [0.15, 0.2) is 12.2 Å². The van der Waals surface area contributed by atoms with Crippen LogP contribution in [0.25, 0.3) is 0 Å². The van der Waals surface area contributed by atoms with Gasteiger partial charge in [0.25, 0.3) is 0 Å². The Morgan fingerprint density at radius 2 is 1.48 bits per heavy atom. The van der Waals surface area contributed by atoms with E-state index in [9.17, 15) is 29.4 Å². The van der Waals surface area contributed by atoms with E-state index in [0.717, 1.165) is 5.57 Å². The van der Waals surface area contributed by atoms with Crippen LogP contribution in [0.3, 0.4) is 0 Å². The molecule has 3 aliphatic rings. The SMILES string of the molecule is CC(=O)OC(CC1=C(O)C(=O)OC1)C1(C)C2CCC=C(C)C2(C)C(OC(=O)c2ccccc2)C(OC(=O)c2ccccc2)C1(C)O. The number of esters is 4. The highest BCUT2D eigenvalue weighted by molar-refractivity contribution is 5.91. The Labute approximate surface area is 268 Å². The fourth-order valence-electron chi connectivity index (χ4n) is 7.69. The molecule has 0 saturated heterocycles. The molecule has 244 valence electrons. The molecule has 0 amide bonds. The first kappa shape index (κ1) is 32.9. The standard InChI is InChI=1S/C36H40O10/c1-21-13-12-18-26-34(21,3)29(45-31(39)23-14-8-6-9-15-23)30(46-32(40)24-16-10-7-11-17-24)36(5,42)35(26,4)27(44-22(2)37)19-25-20-43-33(41)28(25)38/h6-11,13-17,26-27,29-30,38,42H,12,18-20H2,1-5H3. The second kappa shape index (κ2) is 12.4. The maximum absolute atomic E-state index is 13.7. The predicted octanol–water partition coefficient (Wildman–Crippen LogP) is 5.26. The van der Waals surface area contributed by atoms with Crippen LogP contribution in [0.15, 0.2) is 83.6 Å². The molecular weight excluding hydrogens is 592 g/mol. The van der Waals surface area contributed by atoms with Gasteiger partial charge in [-0.25, -0.2) is 14.4 Å². The van der Waals surface area contributed by atoms with Crippen molar-refractivity contribution in [2.75, 3.05) is 6.61 Å². The molecule has 0 spiro atoms. The molecule has 1 heterocycles. The summed E-state index contributed by atoms with van der Waals surface area (Å²) in [6.07, 6.45) is -0.722. The van der Waals surface area contributed by atoms with E-state index >= 15 is 0 Å². The van der Waals surface area contributed by atoms with Gasteiger partial charge in [-0.2, -0.15) is 0 Å². The fourth-order valence-corrected chi connectivity index (χ4v) is 7.69. The molecule has 10 heteroatoms. The molecular formula is C36H40O10. The summed E-state index contributed by atoms with van der Waals surface area (Å²) in [7, 11) is 0. The summed E-state index contributed by atoms with van der Waals surface area (Å²) in [5.74, 6) is -4.01. The number of rotatable bonds is 8. The highest BCUT2D eigenvalue weighted by Crippen LogP contribution is 2.65. The number of ether oxygens (including phenoxy) is 4. The second-order valence-corrected chi connectivity index (χ2v) is 12.9. The maximum atomic E-state index is 13.7.